The summed E-state index contributed by atoms with van der Waals surface area (Å²) in [6, 6.07) is 8.84. The maximum Gasteiger partial charge on any atom is 0.230 e. The summed E-state index contributed by atoms with van der Waals surface area (Å²) in [6.45, 7) is 1.78. The number of pyridine rings is 1. The molecule has 0 atom stereocenters. The highest BCUT2D eigenvalue weighted by Crippen LogP contribution is 2.30. The molecule has 0 fully saturated rings. The number of anilines is 1. The van der Waals surface area contributed by atoms with Crippen molar-refractivity contribution in [3.05, 3.63) is 54.2 Å². The number of amides is 1. The molecule has 1 N–H and O–H groups in total. The Morgan fingerprint density at radius 1 is 1.19 bits per heavy atom. The molecule has 2 heterocycles. The van der Waals surface area contributed by atoms with Gasteiger partial charge in [-0.3, -0.25) is 9.78 Å². The van der Waals surface area contributed by atoms with E-state index in [0.29, 0.717) is 34.5 Å². The number of benzene rings is 1. The SMILES string of the molecule is COc1ccc(NC(=O)Cc2nc(-c3cccnc3)oc2C)cc1OC. The Morgan fingerprint density at radius 2 is 2.00 bits per heavy atom. The summed E-state index contributed by atoms with van der Waals surface area (Å²) in [7, 11) is 3.10. The van der Waals surface area contributed by atoms with Crippen LogP contribution in [0, 0.1) is 6.92 Å². The minimum absolute atomic E-state index is 0.101. The number of oxazole rings is 1. The van der Waals surface area contributed by atoms with Crippen LogP contribution in [0.5, 0.6) is 11.5 Å². The highest BCUT2D eigenvalue weighted by Gasteiger charge is 2.15. The first-order chi connectivity index (χ1) is 12.6. The molecule has 2 aromatic heterocycles. The fourth-order valence-corrected chi connectivity index (χ4v) is 2.48. The monoisotopic (exact) mass is 353 g/mol. The second kappa shape index (κ2) is 7.69. The molecule has 0 aliphatic carbocycles. The van der Waals surface area contributed by atoms with E-state index in [2.05, 4.69) is 15.3 Å². The van der Waals surface area contributed by atoms with Gasteiger partial charge in [0.15, 0.2) is 11.5 Å². The van der Waals surface area contributed by atoms with Gasteiger partial charge in [-0.05, 0) is 31.2 Å². The summed E-state index contributed by atoms with van der Waals surface area (Å²) >= 11 is 0. The largest absolute Gasteiger partial charge is 0.493 e. The fourth-order valence-electron chi connectivity index (χ4n) is 2.48. The minimum Gasteiger partial charge on any atom is -0.493 e. The third kappa shape index (κ3) is 3.83. The van der Waals surface area contributed by atoms with Gasteiger partial charge in [-0.25, -0.2) is 4.98 Å². The maximum absolute atomic E-state index is 12.4. The summed E-state index contributed by atoms with van der Waals surface area (Å²) in [5.74, 6) is 1.99. The Hall–Kier alpha value is -3.35. The molecule has 0 aliphatic rings. The Bertz CT molecular complexity index is 906. The molecule has 1 amide bonds. The minimum atomic E-state index is -0.202. The van der Waals surface area contributed by atoms with E-state index in [1.54, 1.807) is 57.8 Å². The number of nitrogens with zero attached hydrogens (tertiary/aromatic N) is 2. The van der Waals surface area contributed by atoms with Gasteiger partial charge in [0.25, 0.3) is 0 Å². The van der Waals surface area contributed by atoms with Crippen molar-refractivity contribution in [2.75, 3.05) is 19.5 Å². The van der Waals surface area contributed by atoms with Crippen LogP contribution in [-0.4, -0.2) is 30.1 Å². The van der Waals surface area contributed by atoms with Crippen molar-refractivity contribution >= 4 is 11.6 Å². The number of carbonyl (C=O) groups is 1. The number of rotatable bonds is 6. The summed E-state index contributed by atoms with van der Waals surface area (Å²) < 4.78 is 16.1. The Morgan fingerprint density at radius 3 is 2.69 bits per heavy atom. The molecule has 0 aliphatic heterocycles. The molecule has 0 radical (unpaired) electrons. The summed E-state index contributed by atoms with van der Waals surface area (Å²) in [4.78, 5) is 20.8. The summed E-state index contributed by atoms with van der Waals surface area (Å²) in [6.07, 6.45) is 3.44. The van der Waals surface area contributed by atoms with E-state index in [9.17, 15) is 4.79 Å². The summed E-state index contributed by atoms with van der Waals surface area (Å²) in [5.41, 5.74) is 1.96. The first-order valence-corrected chi connectivity index (χ1v) is 7.99. The second-order valence-corrected chi connectivity index (χ2v) is 5.56. The molecule has 0 saturated heterocycles. The van der Waals surface area contributed by atoms with Crippen LogP contribution in [0.15, 0.2) is 47.1 Å². The average Bonchev–Trinajstić information content (AvgIpc) is 3.02. The molecule has 1 aromatic carbocycles. The van der Waals surface area contributed by atoms with Crippen LogP contribution in [0.3, 0.4) is 0 Å². The zero-order valence-corrected chi connectivity index (χ0v) is 14.8. The van der Waals surface area contributed by atoms with Gasteiger partial charge in [-0.1, -0.05) is 0 Å². The van der Waals surface area contributed by atoms with Gasteiger partial charge in [-0.15, -0.1) is 0 Å². The lowest BCUT2D eigenvalue weighted by atomic mass is 10.2. The van der Waals surface area contributed by atoms with Gasteiger partial charge < -0.3 is 19.2 Å². The van der Waals surface area contributed by atoms with E-state index in [1.165, 1.54) is 0 Å². The number of aryl methyl sites for hydroxylation is 1. The van der Waals surface area contributed by atoms with Crippen LogP contribution < -0.4 is 14.8 Å². The van der Waals surface area contributed by atoms with E-state index < -0.39 is 0 Å². The number of nitrogens with one attached hydrogen (secondary N) is 1. The van der Waals surface area contributed by atoms with E-state index in [-0.39, 0.29) is 12.3 Å². The van der Waals surface area contributed by atoms with Crippen molar-refractivity contribution < 1.29 is 18.7 Å². The Labute approximate surface area is 151 Å². The Kier molecular flexibility index (Phi) is 5.17. The van der Waals surface area contributed by atoms with Crippen LogP contribution >= 0.6 is 0 Å². The van der Waals surface area contributed by atoms with Crippen molar-refractivity contribution in [1.29, 1.82) is 0 Å². The van der Waals surface area contributed by atoms with E-state index in [1.807, 2.05) is 6.07 Å². The van der Waals surface area contributed by atoms with Crippen LogP contribution in [0.4, 0.5) is 5.69 Å². The smallest absolute Gasteiger partial charge is 0.230 e. The predicted octanol–water partition coefficient (Wildman–Crippen LogP) is 3.24. The topological polar surface area (TPSA) is 86.5 Å². The van der Waals surface area contributed by atoms with Gasteiger partial charge in [-0.2, -0.15) is 0 Å². The zero-order valence-electron chi connectivity index (χ0n) is 14.8. The number of aromatic nitrogens is 2. The molecule has 3 aromatic rings. The number of methoxy groups -OCH3 is 2. The van der Waals surface area contributed by atoms with Gasteiger partial charge in [0.05, 0.1) is 31.9 Å². The van der Waals surface area contributed by atoms with Gasteiger partial charge >= 0.3 is 0 Å². The molecule has 0 bridgehead atoms. The number of carbonyl (C=O) groups excluding carboxylic acids is 1. The lowest BCUT2D eigenvalue weighted by Crippen LogP contribution is -2.15. The molecule has 7 nitrogen and oxygen atoms in total. The van der Waals surface area contributed by atoms with Crippen LogP contribution in [-0.2, 0) is 11.2 Å². The summed E-state index contributed by atoms with van der Waals surface area (Å²) in [5, 5.41) is 2.82. The Balaban J connectivity index is 1.72. The molecular weight excluding hydrogens is 334 g/mol. The van der Waals surface area contributed by atoms with Gasteiger partial charge in [0.2, 0.25) is 11.8 Å². The van der Waals surface area contributed by atoms with Crippen LogP contribution in [0.25, 0.3) is 11.5 Å². The zero-order chi connectivity index (χ0) is 18.5. The van der Waals surface area contributed by atoms with E-state index >= 15 is 0 Å². The predicted molar refractivity (Wildman–Crippen MR) is 96.4 cm³/mol. The van der Waals surface area contributed by atoms with Gasteiger partial charge in [0.1, 0.15) is 5.76 Å². The van der Waals surface area contributed by atoms with Crippen molar-refractivity contribution in [2.24, 2.45) is 0 Å². The molecule has 26 heavy (non-hydrogen) atoms. The van der Waals surface area contributed by atoms with Crippen LogP contribution in [0.2, 0.25) is 0 Å². The quantitative estimate of drug-likeness (QED) is 0.732. The standard InChI is InChI=1S/C19H19N3O4/c1-12-15(22-19(26-12)13-5-4-8-20-11-13)10-18(23)21-14-6-7-16(24-2)17(9-14)25-3/h4-9,11H,10H2,1-3H3,(H,21,23). The molecule has 134 valence electrons. The normalized spacial score (nSPS) is 10.4. The molecular formula is C19H19N3O4. The van der Waals surface area contributed by atoms with Crippen molar-refractivity contribution in [1.82, 2.24) is 9.97 Å². The molecule has 0 spiro atoms. The average molecular weight is 353 g/mol. The fraction of sp³-hybridized carbons (Fsp3) is 0.211. The molecule has 0 unspecified atom stereocenters. The number of hydrogen-bond donors (Lipinski definition) is 1. The van der Waals surface area contributed by atoms with Crippen molar-refractivity contribution in [3.8, 4) is 23.0 Å². The first kappa shape index (κ1) is 17.5. The lowest BCUT2D eigenvalue weighted by Gasteiger charge is -2.10. The molecule has 0 saturated carbocycles. The third-order valence-corrected chi connectivity index (χ3v) is 3.80. The van der Waals surface area contributed by atoms with E-state index in [4.69, 9.17) is 13.9 Å². The number of hydrogen-bond acceptors (Lipinski definition) is 6. The van der Waals surface area contributed by atoms with Gasteiger partial charge in [0, 0.05) is 24.1 Å². The molecule has 7 heteroatoms. The number of ether oxygens (including phenoxy) is 2. The second-order valence-electron chi connectivity index (χ2n) is 5.56. The first-order valence-electron chi connectivity index (χ1n) is 7.99. The highest BCUT2D eigenvalue weighted by molar-refractivity contribution is 5.92. The van der Waals surface area contributed by atoms with Crippen molar-refractivity contribution in [2.45, 2.75) is 13.3 Å². The van der Waals surface area contributed by atoms with Crippen molar-refractivity contribution in [3.63, 3.8) is 0 Å². The maximum atomic E-state index is 12.4. The lowest BCUT2D eigenvalue weighted by molar-refractivity contribution is -0.115. The molecule has 3 rings (SSSR count). The van der Waals surface area contributed by atoms with Crippen LogP contribution in [0.1, 0.15) is 11.5 Å². The highest BCUT2D eigenvalue weighted by atomic mass is 16.5. The van der Waals surface area contributed by atoms with E-state index in [0.717, 1.165) is 5.56 Å². The third-order valence-electron chi connectivity index (χ3n) is 3.80.